The molecule has 0 radical (unpaired) electrons. The SMILES string of the molecule is N#Cc1cccc(C#N)c1-c1cc(-c2ccc3c(c2)sc2ccccc23)c(C#N)c(-c2ccc3sc4ccccc4c3c2)c1. The number of hydrogen-bond donors (Lipinski definition) is 0. The Morgan fingerprint density at radius 3 is 1.61 bits per heavy atom. The van der Waals surface area contributed by atoms with E-state index in [1.54, 1.807) is 40.9 Å². The van der Waals surface area contributed by atoms with Crippen molar-refractivity contribution >= 4 is 63.0 Å². The number of hydrogen-bond acceptors (Lipinski definition) is 5. The van der Waals surface area contributed by atoms with Crippen LogP contribution in [-0.2, 0) is 0 Å². The first-order valence-corrected chi connectivity index (χ1v) is 15.6. The summed E-state index contributed by atoms with van der Waals surface area (Å²) < 4.78 is 4.75. The quantitative estimate of drug-likeness (QED) is 0.205. The molecule has 0 saturated carbocycles. The van der Waals surface area contributed by atoms with E-state index in [2.05, 4.69) is 97.1 Å². The maximum Gasteiger partial charge on any atom is 0.100 e. The van der Waals surface area contributed by atoms with Crippen LogP contribution in [-0.4, -0.2) is 0 Å². The Balaban J connectivity index is 1.44. The molecule has 0 fully saturated rings. The van der Waals surface area contributed by atoms with Crippen molar-refractivity contribution in [2.75, 3.05) is 0 Å². The van der Waals surface area contributed by atoms with Crippen LogP contribution < -0.4 is 0 Å². The number of nitriles is 3. The number of nitrogens with zero attached hydrogens (tertiary/aromatic N) is 3. The Hall–Kier alpha value is -5.77. The van der Waals surface area contributed by atoms with Gasteiger partial charge in [0.25, 0.3) is 0 Å². The van der Waals surface area contributed by atoms with E-state index in [1.165, 1.54) is 30.3 Å². The molecule has 0 saturated heterocycles. The highest BCUT2D eigenvalue weighted by atomic mass is 32.1. The third kappa shape index (κ3) is 3.98. The molecule has 0 bridgehead atoms. The summed E-state index contributed by atoms with van der Waals surface area (Å²) in [5, 5.41) is 35.5. The van der Waals surface area contributed by atoms with Gasteiger partial charge in [-0.2, -0.15) is 15.8 Å². The van der Waals surface area contributed by atoms with Crippen LogP contribution in [0.15, 0.2) is 115 Å². The molecule has 0 spiro atoms. The third-order valence-electron chi connectivity index (χ3n) is 8.22. The number of benzene rings is 6. The van der Waals surface area contributed by atoms with Crippen molar-refractivity contribution in [2.24, 2.45) is 0 Å². The predicted molar refractivity (Wildman–Crippen MR) is 183 cm³/mol. The van der Waals surface area contributed by atoms with Gasteiger partial charge in [-0.05, 0) is 71.3 Å². The molecule has 0 aliphatic heterocycles. The smallest absolute Gasteiger partial charge is 0.100 e. The topological polar surface area (TPSA) is 71.4 Å². The summed E-state index contributed by atoms with van der Waals surface area (Å²) >= 11 is 3.49. The minimum absolute atomic E-state index is 0.421. The van der Waals surface area contributed by atoms with Gasteiger partial charge in [0.2, 0.25) is 0 Å². The highest BCUT2D eigenvalue weighted by molar-refractivity contribution is 7.26. The highest BCUT2D eigenvalue weighted by Gasteiger charge is 2.20. The van der Waals surface area contributed by atoms with Crippen molar-refractivity contribution in [1.29, 1.82) is 15.8 Å². The Kier molecular flexibility index (Phi) is 6.00. The van der Waals surface area contributed by atoms with Crippen molar-refractivity contribution in [3.8, 4) is 51.6 Å². The van der Waals surface area contributed by atoms with Crippen molar-refractivity contribution in [3.05, 3.63) is 132 Å². The molecule has 2 heterocycles. The second-order valence-electron chi connectivity index (χ2n) is 10.6. The van der Waals surface area contributed by atoms with Crippen LogP contribution in [0.2, 0.25) is 0 Å². The molecular formula is C39H19N3S2. The fourth-order valence-electron chi connectivity index (χ4n) is 6.20. The van der Waals surface area contributed by atoms with Crippen LogP contribution in [0.5, 0.6) is 0 Å². The zero-order valence-electron chi connectivity index (χ0n) is 23.1. The lowest BCUT2D eigenvalue weighted by atomic mass is 9.86. The first-order valence-electron chi connectivity index (χ1n) is 14.0. The highest BCUT2D eigenvalue weighted by Crippen LogP contribution is 2.43. The molecule has 44 heavy (non-hydrogen) atoms. The summed E-state index contributed by atoms with van der Waals surface area (Å²) in [5.74, 6) is 0. The largest absolute Gasteiger partial charge is 0.192 e. The minimum Gasteiger partial charge on any atom is -0.192 e. The number of thiophene rings is 2. The molecule has 8 aromatic rings. The Morgan fingerprint density at radius 2 is 0.955 bits per heavy atom. The van der Waals surface area contributed by atoms with E-state index in [-0.39, 0.29) is 0 Å². The van der Waals surface area contributed by atoms with Gasteiger partial charge in [-0.1, -0.05) is 60.7 Å². The molecule has 3 nitrogen and oxygen atoms in total. The van der Waals surface area contributed by atoms with E-state index < -0.39 is 0 Å². The zero-order chi connectivity index (χ0) is 29.8. The standard InChI is InChI=1S/C39H19N3S2/c40-20-25-6-5-7-26(21-41)39(25)27-17-31(23-13-15-37-33(16-23)29-9-2-4-11-36(29)43-37)34(22-42)32(18-27)24-12-14-30-28-8-1-3-10-35(28)44-38(30)19-24/h1-19H. The molecule has 0 N–H and O–H groups in total. The summed E-state index contributed by atoms with van der Waals surface area (Å²) in [5.41, 5.74) is 6.08. The van der Waals surface area contributed by atoms with Crippen LogP contribution in [0.4, 0.5) is 0 Å². The molecule has 0 unspecified atom stereocenters. The molecule has 0 aliphatic rings. The van der Waals surface area contributed by atoms with Crippen molar-refractivity contribution in [3.63, 3.8) is 0 Å². The van der Waals surface area contributed by atoms with E-state index in [0.717, 1.165) is 37.9 Å². The molecule has 5 heteroatoms. The van der Waals surface area contributed by atoms with Crippen molar-refractivity contribution in [1.82, 2.24) is 0 Å². The van der Waals surface area contributed by atoms with Crippen LogP contribution >= 0.6 is 22.7 Å². The molecule has 6 aromatic carbocycles. The fraction of sp³-hybridized carbons (Fsp3) is 0. The molecule has 202 valence electrons. The summed E-state index contributed by atoms with van der Waals surface area (Å²) in [6.45, 7) is 0. The van der Waals surface area contributed by atoms with E-state index in [4.69, 9.17) is 0 Å². The van der Waals surface area contributed by atoms with Crippen molar-refractivity contribution in [2.45, 2.75) is 0 Å². The van der Waals surface area contributed by atoms with Gasteiger partial charge in [0, 0.05) is 57.0 Å². The van der Waals surface area contributed by atoms with Crippen LogP contribution in [0.1, 0.15) is 16.7 Å². The lowest BCUT2D eigenvalue weighted by molar-refractivity contribution is 1.43. The van der Waals surface area contributed by atoms with Gasteiger partial charge in [-0.3, -0.25) is 0 Å². The average molecular weight is 594 g/mol. The fourth-order valence-corrected chi connectivity index (χ4v) is 8.43. The summed E-state index contributed by atoms with van der Waals surface area (Å²) in [6, 6.07) is 45.7. The molecule has 0 amide bonds. The second-order valence-corrected chi connectivity index (χ2v) is 12.8. The Bertz CT molecular complexity index is 2570. The van der Waals surface area contributed by atoms with E-state index in [0.29, 0.717) is 22.3 Å². The van der Waals surface area contributed by atoms with Gasteiger partial charge >= 0.3 is 0 Å². The summed E-state index contributed by atoms with van der Waals surface area (Å²) in [4.78, 5) is 0. The van der Waals surface area contributed by atoms with Crippen LogP contribution in [0.25, 0.3) is 73.7 Å². The maximum absolute atomic E-state index is 10.7. The first-order chi connectivity index (χ1) is 21.7. The van der Waals surface area contributed by atoms with E-state index >= 15 is 0 Å². The number of fused-ring (bicyclic) bond motifs is 6. The average Bonchev–Trinajstić information content (AvgIpc) is 3.64. The molecule has 0 atom stereocenters. The normalized spacial score (nSPS) is 11.1. The van der Waals surface area contributed by atoms with Gasteiger partial charge in [-0.25, -0.2) is 0 Å². The zero-order valence-corrected chi connectivity index (χ0v) is 24.8. The Labute approximate surface area is 261 Å². The van der Waals surface area contributed by atoms with E-state index in [1.807, 2.05) is 18.2 Å². The maximum atomic E-state index is 10.7. The molecular weight excluding hydrogens is 575 g/mol. The van der Waals surface area contributed by atoms with Crippen LogP contribution in [0.3, 0.4) is 0 Å². The monoisotopic (exact) mass is 593 g/mol. The van der Waals surface area contributed by atoms with Crippen LogP contribution in [0, 0.1) is 34.0 Å². The third-order valence-corrected chi connectivity index (χ3v) is 10.5. The molecule has 0 aliphatic carbocycles. The van der Waals surface area contributed by atoms with Gasteiger partial charge in [0.1, 0.15) is 6.07 Å². The molecule has 8 rings (SSSR count). The predicted octanol–water partition coefficient (Wildman–Crippen LogP) is 11.0. The molecule has 2 aromatic heterocycles. The minimum atomic E-state index is 0.421. The second kappa shape index (κ2) is 10.2. The van der Waals surface area contributed by atoms with Crippen molar-refractivity contribution < 1.29 is 0 Å². The lowest BCUT2D eigenvalue weighted by Crippen LogP contribution is -1.96. The Morgan fingerprint density at radius 1 is 0.409 bits per heavy atom. The van der Waals surface area contributed by atoms with Gasteiger partial charge in [-0.15, -0.1) is 22.7 Å². The van der Waals surface area contributed by atoms with Gasteiger partial charge in [0.05, 0.1) is 28.8 Å². The summed E-state index contributed by atoms with van der Waals surface area (Å²) in [6.07, 6.45) is 0. The van der Waals surface area contributed by atoms with E-state index in [9.17, 15) is 15.8 Å². The summed E-state index contributed by atoms with van der Waals surface area (Å²) in [7, 11) is 0. The van der Waals surface area contributed by atoms with Gasteiger partial charge in [0.15, 0.2) is 0 Å². The number of rotatable bonds is 3. The lowest BCUT2D eigenvalue weighted by Gasteiger charge is -2.16. The van der Waals surface area contributed by atoms with Gasteiger partial charge < -0.3 is 0 Å². The first kappa shape index (κ1) is 25.9.